The quantitative estimate of drug-likeness (QED) is 0.839. The van der Waals surface area contributed by atoms with E-state index in [9.17, 15) is 0 Å². The van der Waals surface area contributed by atoms with Crippen LogP contribution >= 0.6 is 0 Å². The van der Waals surface area contributed by atoms with Crippen molar-refractivity contribution in [2.45, 2.75) is 38.4 Å². The second-order valence-electron chi connectivity index (χ2n) is 4.98. The van der Waals surface area contributed by atoms with E-state index in [1.165, 1.54) is 12.8 Å². The van der Waals surface area contributed by atoms with Crippen molar-refractivity contribution in [3.05, 3.63) is 35.4 Å². The van der Waals surface area contributed by atoms with Crippen LogP contribution in [0, 0.1) is 11.8 Å². The Bertz CT molecular complexity index is 436. The molecule has 3 nitrogen and oxygen atoms in total. The van der Waals surface area contributed by atoms with Crippen LogP contribution < -0.4 is 0 Å². The van der Waals surface area contributed by atoms with Gasteiger partial charge in [0.25, 0.3) is 0 Å². The molecule has 1 unspecified atom stereocenters. The predicted octanol–water partition coefficient (Wildman–Crippen LogP) is 2.51. The van der Waals surface area contributed by atoms with E-state index in [1.807, 2.05) is 24.3 Å². The fourth-order valence-corrected chi connectivity index (χ4v) is 2.15. The number of hydrogen-bond acceptors (Lipinski definition) is 3. The third kappa shape index (κ3) is 5.34. The number of hydrogen-bond donors (Lipinski definition) is 1. The van der Waals surface area contributed by atoms with E-state index in [1.54, 1.807) is 0 Å². The summed E-state index contributed by atoms with van der Waals surface area (Å²) in [7, 11) is 0. The van der Waals surface area contributed by atoms with Gasteiger partial charge in [0, 0.05) is 18.6 Å². The van der Waals surface area contributed by atoms with Crippen molar-refractivity contribution >= 4 is 0 Å². The van der Waals surface area contributed by atoms with Crippen molar-refractivity contribution in [1.82, 2.24) is 0 Å². The highest BCUT2D eigenvalue weighted by atomic mass is 16.5. The van der Waals surface area contributed by atoms with Gasteiger partial charge in [-0.2, -0.15) is 0 Å². The van der Waals surface area contributed by atoms with E-state index in [-0.39, 0.29) is 12.7 Å². The van der Waals surface area contributed by atoms with Gasteiger partial charge in [-0.15, -0.1) is 0 Å². The van der Waals surface area contributed by atoms with Crippen molar-refractivity contribution in [2.75, 3.05) is 19.8 Å². The van der Waals surface area contributed by atoms with Crippen LogP contribution in [-0.2, 0) is 16.1 Å². The molecule has 1 aliphatic rings. The standard InChI is InChI=1S/C17H22O3/c18-11-3-1-5-15-7-9-16(10-8-15)13-19-14-17-6-2-4-12-20-17/h7-10,17-18H,2-4,6,11-14H2. The summed E-state index contributed by atoms with van der Waals surface area (Å²) >= 11 is 0. The maximum absolute atomic E-state index is 8.66. The molecule has 1 aromatic rings. The van der Waals surface area contributed by atoms with E-state index in [4.69, 9.17) is 14.6 Å². The van der Waals surface area contributed by atoms with Gasteiger partial charge in [-0.05, 0) is 37.0 Å². The van der Waals surface area contributed by atoms with Gasteiger partial charge in [0.1, 0.15) is 0 Å². The lowest BCUT2D eigenvalue weighted by molar-refractivity contribution is -0.0447. The molecule has 1 saturated heterocycles. The SMILES string of the molecule is OCCC#Cc1ccc(COCC2CCCCO2)cc1. The summed E-state index contributed by atoms with van der Waals surface area (Å²) in [5.41, 5.74) is 2.12. The minimum atomic E-state index is 0.113. The summed E-state index contributed by atoms with van der Waals surface area (Å²) in [5, 5.41) is 8.66. The van der Waals surface area contributed by atoms with E-state index in [2.05, 4.69) is 11.8 Å². The first-order chi connectivity index (χ1) is 9.88. The molecule has 1 N–H and O–H groups in total. The summed E-state index contributed by atoms with van der Waals surface area (Å²) in [6.45, 7) is 2.28. The summed E-state index contributed by atoms with van der Waals surface area (Å²) < 4.78 is 11.3. The molecule has 1 aliphatic heterocycles. The molecule has 1 aromatic carbocycles. The average Bonchev–Trinajstić information content (AvgIpc) is 2.50. The van der Waals surface area contributed by atoms with Crippen molar-refractivity contribution in [3.63, 3.8) is 0 Å². The number of benzene rings is 1. The summed E-state index contributed by atoms with van der Waals surface area (Å²) in [6, 6.07) is 8.04. The Labute approximate surface area is 120 Å². The fourth-order valence-electron chi connectivity index (χ4n) is 2.15. The molecule has 2 rings (SSSR count). The largest absolute Gasteiger partial charge is 0.395 e. The van der Waals surface area contributed by atoms with Crippen LogP contribution in [-0.4, -0.2) is 31.0 Å². The second kappa shape index (κ2) is 8.76. The Balaban J connectivity index is 1.72. The first-order valence-electron chi connectivity index (χ1n) is 7.26. The second-order valence-corrected chi connectivity index (χ2v) is 4.98. The molecule has 1 heterocycles. The molecule has 108 valence electrons. The van der Waals surface area contributed by atoms with E-state index < -0.39 is 0 Å². The molecule has 1 atom stereocenters. The molecule has 0 amide bonds. The molecule has 0 radical (unpaired) electrons. The first kappa shape index (κ1) is 15.1. The molecule has 0 aliphatic carbocycles. The van der Waals surface area contributed by atoms with Gasteiger partial charge in [-0.25, -0.2) is 0 Å². The van der Waals surface area contributed by atoms with Crippen molar-refractivity contribution in [2.24, 2.45) is 0 Å². The minimum absolute atomic E-state index is 0.113. The average molecular weight is 274 g/mol. The Morgan fingerprint density at radius 1 is 1.25 bits per heavy atom. The lowest BCUT2D eigenvalue weighted by Gasteiger charge is -2.22. The summed E-state index contributed by atoms with van der Waals surface area (Å²) in [6.07, 6.45) is 4.32. The van der Waals surface area contributed by atoms with E-state index in [0.29, 0.717) is 19.6 Å². The molecule has 0 aromatic heterocycles. The topological polar surface area (TPSA) is 38.7 Å². The van der Waals surface area contributed by atoms with Crippen molar-refractivity contribution in [3.8, 4) is 11.8 Å². The highest BCUT2D eigenvalue weighted by Gasteiger charge is 2.13. The normalized spacial score (nSPS) is 18.4. The number of ether oxygens (including phenoxy) is 2. The van der Waals surface area contributed by atoms with Crippen LogP contribution in [0.2, 0.25) is 0 Å². The number of aliphatic hydroxyl groups is 1. The van der Waals surface area contributed by atoms with Crippen LogP contribution in [0.15, 0.2) is 24.3 Å². The summed E-state index contributed by atoms with van der Waals surface area (Å²) in [4.78, 5) is 0. The maximum atomic E-state index is 8.66. The lowest BCUT2D eigenvalue weighted by atomic mass is 10.1. The third-order valence-electron chi connectivity index (χ3n) is 3.27. The Hall–Kier alpha value is -1.34. The Morgan fingerprint density at radius 2 is 2.10 bits per heavy atom. The van der Waals surface area contributed by atoms with Gasteiger partial charge in [0.2, 0.25) is 0 Å². The van der Waals surface area contributed by atoms with E-state index in [0.717, 1.165) is 24.2 Å². The molecular weight excluding hydrogens is 252 g/mol. The number of rotatable bonds is 5. The zero-order chi connectivity index (χ0) is 14.0. The first-order valence-corrected chi connectivity index (χ1v) is 7.26. The van der Waals surface area contributed by atoms with Crippen molar-refractivity contribution < 1.29 is 14.6 Å². The Morgan fingerprint density at radius 3 is 2.80 bits per heavy atom. The molecule has 0 bridgehead atoms. The molecule has 1 fully saturated rings. The molecule has 3 heteroatoms. The molecule has 0 spiro atoms. The highest BCUT2D eigenvalue weighted by Crippen LogP contribution is 2.13. The summed E-state index contributed by atoms with van der Waals surface area (Å²) in [5.74, 6) is 5.92. The van der Waals surface area contributed by atoms with Crippen LogP contribution in [0.1, 0.15) is 36.8 Å². The van der Waals surface area contributed by atoms with Gasteiger partial charge in [-0.1, -0.05) is 24.0 Å². The van der Waals surface area contributed by atoms with Gasteiger partial charge >= 0.3 is 0 Å². The van der Waals surface area contributed by atoms with Gasteiger partial charge < -0.3 is 14.6 Å². The van der Waals surface area contributed by atoms with Crippen LogP contribution in [0.25, 0.3) is 0 Å². The van der Waals surface area contributed by atoms with Gasteiger partial charge in [-0.3, -0.25) is 0 Å². The molecule has 20 heavy (non-hydrogen) atoms. The maximum Gasteiger partial charge on any atom is 0.0808 e. The molecular formula is C17H22O3. The fraction of sp³-hybridized carbons (Fsp3) is 0.529. The number of aliphatic hydroxyl groups excluding tert-OH is 1. The van der Waals surface area contributed by atoms with Crippen LogP contribution in [0.5, 0.6) is 0 Å². The minimum Gasteiger partial charge on any atom is -0.395 e. The molecule has 0 saturated carbocycles. The lowest BCUT2D eigenvalue weighted by Crippen LogP contribution is -2.24. The third-order valence-corrected chi connectivity index (χ3v) is 3.27. The Kier molecular flexibility index (Phi) is 6.59. The zero-order valence-corrected chi connectivity index (χ0v) is 11.8. The highest BCUT2D eigenvalue weighted by molar-refractivity contribution is 5.35. The van der Waals surface area contributed by atoms with E-state index >= 15 is 0 Å². The van der Waals surface area contributed by atoms with Crippen LogP contribution in [0.4, 0.5) is 0 Å². The van der Waals surface area contributed by atoms with Crippen LogP contribution in [0.3, 0.4) is 0 Å². The predicted molar refractivity (Wildman–Crippen MR) is 78.3 cm³/mol. The van der Waals surface area contributed by atoms with Gasteiger partial charge in [0.15, 0.2) is 0 Å². The monoisotopic (exact) mass is 274 g/mol. The van der Waals surface area contributed by atoms with Crippen molar-refractivity contribution in [1.29, 1.82) is 0 Å². The van der Waals surface area contributed by atoms with Gasteiger partial charge in [0.05, 0.1) is 25.9 Å². The zero-order valence-electron chi connectivity index (χ0n) is 11.8. The smallest absolute Gasteiger partial charge is 0.0808 e.